The summed E-state index contributed by atoms with van der Waals surface area (Å²) in [5.74, 6) is 1.18. The van der Waals surface area contributed by atoms with E-state index in [9.17, 15) is 4.79 Å². The molecule has 0 aromatic rings. The van der Waals surface area contributed by atoms with Gasteiger partial charge in [0.2, 0.25) is 0 Å². The maximum absolute atomic E-state index is 11.5. The maximum Gasteiger partial charge on any atom is 0.322 e. The summed E-state index contributed by atoms with van der Waals surface area (Å²) >= 11 is 0. The fraction of sp³-hybridized carbons (Fsp3) is 0.923. The maximum atomic E-state index is 11.5. The lowest BCUT2D eigenvalue weighted by atomic mass is 9.56. The Morgan fingerprint density at radius 2 is 2.41 bits per heavy atom. The Hall–Kier alpha value is -0.610. The summed E-state index contributed by atoms with van der Waals surface area (Å²) in [5, 5.41) is 3.44. The van der Waals surface area contributed by atoms with Crippen molar-refractivity contribution in [3.63, 3.8) is 0 Å². The molecule has 4 heteroatoms. The van der Waals surface area contributed by atoms with Gasteiger partial charge in [-0.05, 0) is 38.5 Å². The van der Waals surface area contributed by atoms with Crippen molar-refractivity contribution >= 4 is 5.97 Å². The zero-order chi connectivity index (χ0) is 12.0. The number of carbonyl (C=O) groups excluding carboxylic acids is 1. The van der Waals surface area contributed by atoms with Gasteiger partial charge in [0.15, 0.2) is 0 Å². The molecule has 0 aromatic carbocycles. The van der Waals surface area contributed by atoms with Gasteiger partial charge in [0.05, 0.1) is 19.3 Å². The number of hydrogen-bond acceptors (Lipinski definition) is 4. The Balaban J connectivity index is 1.66. The molecule has 4 rings (SSSR count). The average molecular weight is 239 g/mol. The summed E-state index contributed by atoms with van der Waals surface area (Å²) < 4.78 is 10.7. The largest absolute Gasteiger partial charge is 0.468 e. The third kappa shape index (κ3) is 1.61. The Morgan fingerprint density at radius 3 is 3.12 bits per heavy atom. The number of methoxy groups -OCH3 is 1. The monoisotopic (exact) mass is 239 g/mol. The molecule has 1 N–H and O–H groups in total. The lowest BCUT2D eigenvalue weighted by Crippen LogP contribution is -2.61. The first-order valence-corrected chi connectivity index (χ1v) is 6.64. The lowest BCUT2D eigenvalue weighted by Gasteiger charge is -2.53. The van der Waals surface area contributed by atoms with Crippen molar-refractivity contribution in [2.45, 2.75) is 50.3 Å². The summed E-state index contributed by atoms with van der Waals surface area (Å²) in [6, 6.07) is 0.222. The molecule has 4 aliphatic rings. The second-order valence-corrected chi connectivity index (χ2v) is 5.78. The zero-order valence-corrected chi connectivity index (χ0v) is 10.6. The Kier molecular flexibility index (Phi) is 2.67. The molecule has 4 nitrogen and oxygen atoms in total. The predicted octanol–water partition coefficient (Wildman–Crippen LogP) is 1.10. The third-order valence-electron chi connectivity index (χ3n) is 4.88. The summed E-state index contributed by atoms with van der Waals surface area (Å²) in [5.41, 5.74) is 0.163. The molecule has 2 saturated heterocycles. The minimum atomic E-state index is -0.208. The molecule has 0 amide bonds. The molecule has 1 spiro atoms. The molecule has 5 unspecified atom stereocenters. The number of carbonyl (C=O) groups is 1. The molecule has 0 radical (unpaired) electrons. The third-order valence-corrected chi connectivity index (χ3v) is 4.88. The fourth-order valence-corrected chi connectivity index (χ4v) is 4.16. The molecule has 2 bridgehead atoms. The first-order chi connectivity index (χ1) is 8.16. The van der Waals surface area contributed by atoms with E-state index in [1.165, 1.54) is 26.4 Å². The van der Waals surface area contributed by atoms with Crippen LogP contribution < -0.4 is 5.32 Å². The van der Waals surface area contributed by atoms with E-state index in [4.69, 9.17) is 9.47 Å². The Bertz CT molecular complexity index is 329. The number of nitrogens with one attached hydrogen (secondary N) is 1. The summed E-state index contributed by atoms with van der Waals surface area (Å²) in [6.45, 7) is 2.81. The minimum Gasteiger partial charge on any atom is -0.468 e. The number of hydrogen-bond donors (Lipinski definition) is 1. The lowest BCUT2D eigenvalue weighted by molar-refractivity contribution is -0.144. The minimum absolute atomic E-state index is 0.163. The van der Waals surface area contributed by atoms with Crippen LogP contribution in [0.15, 0.2) is 0 Å². The van der Waals surface area contributed by atoms with Gasteiger partial charge < -0.3 is 14.8 Å². The summed E-state index contributed by atoms with van der Waals surface area (Å²) in [4.78, 5) is 11.5. The summed E-state index contributed by atoms with van der Waals surface area (Å²) in [7, 11) is 1.44. The topological polar surface area (TPSA) is 47.6 Å². The van der Waals surface area contributed by atoms with E-state index in [1.54, 1.807) is 0 Å². The molecular formula is C13H21NO3. The van der Waals surface area contributed by atoms with Gasteiger partial charge in [-0.2, -0.15) is 0 Å². The van der Waals surface area contributed by atoms with E-state index in [0.717, 1.165) is 18.9 Å². The molecule has 2 saturated carbocycles. The first-order valence-electron chi connectivity index (χ1n) is 6.64. The van der Waals surface area contributed by atoms with Gasteiger partial charge in [-0.15, -0.1) is 0 Å². The molecule has 2 aliphatic heterocycles. The molecule has 17 heavy (non-hydrogen) atoms. The highest BCUT2D eigenvalue weighted by molar-refractivity contribution is 5.75. The van der Waals surface area contributed by atoms with Crippen molar-refractivity contribution in [2.24, 2.45) is 11.8 Å². The van der Waals surface area contributed by atoms with Crippen LogP contribution in [0.4, 0.5) is 0 Å². The van der Waals surface area contributed by atoms with E-state index in [-0.39, 0.29) is 17.6 Å². The van der Waals surface area contributed by atoms with E-state index in [2.05, 4.69) is 5.32 Å². The van der Waals surface area contributed by atoms with Crippen LogP contribution in [-0.4, -0.2) is 37.4 Å². The Morgan fingerprint density at radius 1 is 1.59 bits per heavy atom. The smallest absolute Gasteiger partial charge is 0.322 e. The number of esters is 1. The van der Waals surface area contributed by atoms with E-state index in [0.29, 0.717) is 12.0 Å². The van der Waals surface area contributed by atoms with Crippen molar-refractivity contribution < 1.29 is 14.3 Å². The van der Waals surface area contributed by atoms with Gasteiger partial charge in [0.25, 0.3) is 0 Å². The summed E-state index contributed by atoms with van der Waals surface area (Å²) in [6.07, 6.45) is 4.81. The van der Waals surface area contributed by atoms with Gasteiger partial charge in [-0.1, -0.05) is 0 Å². The van der Waals surface area contributed by atoms with E-state index >= 15 is 0 Å². The Labute approximate surface area is 102 Å². The molecule has 2 aliphatic carbocycles. The molecule has 5 atom stereocenters. The van der Waals surface area contributed by atoms with Crippen LogP contribution in [0, 0.1) is 11.8 Å². The molecular weight excluding hydrogens is 218 g/mol. The van der Waals surface area contributed by atoms with Gasteiger partial charge in [-0.3, -0.25) is 4.79 Å². The van der Waals surface area contributed by atoms with Crippen LogP contribution >= 0.6 is 0 Å². The zero-order valence-electron chi connectivity index (χ0n) is 10.6. The van der Waals surface area contributed by atoms with E-state index in [1.807, 2.05) is 6.92 Å². The highest BCUT2D eigenvalue weighted by atomic mass is 16.5. The van der Waals surface area contributed by atoms with Crippen LogP contribution in [0.1, 0.15) is 32.6 Å². The van der Waals surface area contributed by atoms with E-state index < -0.39 is 0 Å². The van der Waals surface area contributed by atoms with Crippen molar-refractivity contribution in [3.05, 3.63) is 0 Å². The highest BCUT2D eigenvalue weighted by Crippen LogP contribution is 2.60. The van der Waals surface area contributed by atoms with Gasteiger partial charge in [0, 0.05) is 12.0 Å². The number of fused-ring (bicyclic) bond motifs is 1. The van der Waals surface area contributed by atoms with Crippen molar-refractivity contribution in [2.75, 3.05) is 13.7 Å². The predicted molar refractivity (Wildman–Crippen MR) is 62.5 cm³/mol. The average Bonchev–Trinajstić information content (AvgIpc) is 2.86. The van der Waals surface area contributed by atoms with Crippen molar-refractivity contribution in [1.82, 2.24) is 5.32 Å². The van der Waals surface area contributed by atoms with Crippen LogP contribution in [0.5, 0.6) is 0 Å². The quantitative estimate of drug-likeness (QED) is 0.749. The fourth-order valence-electron chi connectivity index (χ4n) is 4.16. The van der Waals surface area contributed by atoms with Crippen molar-refractivity contribution in [3.8, 4) is 0 Å². The normalized spacial score (nSPS) is 44.7. The first kappa shape index (κ1) is 11.5. The van der Waals surface area contributed by atoms with Gasteiger partial charge in [0.1, 0.15) is 6.04 Å². The standard InChI is InChI=1S/C13H21NO3/c1-8(12(15)16-2)14-10-4-3-5-13-6-9(7-17-13)11(10)13/h8-11,14H,3-7H2,1-2H3. The number of ether oxygens (including phenoxy) is 2. The van der Waals surface area contributed by atoms with Crippen LogP contribution in [-0.2, 0) is 14.3 Å². The molecule has 96 valence electrons. The molecule has 2 heterocycles. The second kappa shape index (κ2) is 3.95. The van der Waals surface area contributed by atoms with Gasteiger partial charge >= 0.3 is 5.97 Å². The van der Waals surface area contributed by atoms with Crippen LogP contribution in [0.2, 0.25) is 0 Å². The molecule has 0 aromatic heterocycles. The van der Waals surface area contributed by atoms with Gasteiger partial charge in [-0.25, -0.2) is 0 Å². The highest BCUT2D eigenvalue weighted by Gasteiger charge is 2.64. The molecule has 4 fully saturated rings. The second-order valence-electron chi connectivity index (χ2n) is 5.78. The van der Waals surface area contributed by atoms with Crippen LogP contribution in [0.25, 0.3) is 0 Å². The number of rotatable bonds is 3. The SMILES string of the molecule is COC(=O)C(C)NC1CCCC23CC(CO2)C13. The van der Waals surface area contributed by atoms with Crippen molar-refractivity contribution in [1.29, 1.82) is 0 Å². The van der Waals surface area contributed by atoms with Crippen LogP contribution in [0.3, 0.4) is 0 Å².